The number of hydrogen-bond acceptors (Lipinski definition) is 4. The van der Waals surface area contributed by atoms with Crippen molar-refractivity contribution in [2.45, 2.75) is 34.8 Å². The van der Waals surface area contributed by atoms with Crippen LogP contribution >= 0.6 is 11.8 Å². The van der Waals surface area contributed by atoms with Crippen LogP contribution in [-0.4, -0.2) is 31.7 Å². The van der Waals surface area contributed by atoms with Crippen molar-refractivity contribution >= 4 is 33.4 Å². The highest BCUT2D eigenvalue weighted by molar-refractivity contribution is 8.00. The lowest BCUT2D eigenvalue weighted by Crippen LogP contribution is -2.39. The highest BCUT2D eigenvalue weighted by Crippen LogP contribution is 2.36. The molecule has 0 aromatic heterocycles. The molecule has 7 heteroatoms. The van der Waals surface area contributed by atoms with Crippen molar-refractivity contribution in [1.82, 2.24) is 4.31 Å². The molecular weight excluding hydrogens is 452 g/mol. The molecule has 1 aliphatic heterocycles. The molecule has 1 N–H and O–H groups in total. The maximum Gasteiger partial charge on any atom is 0.243 e. The number of amides is 1. The van der Waals surface area contributed by atoms with Crippen LogP contribution in [0.2, 0.25) is 0 Å². The van der Waals surface area contributed by atoms with E-state index in [9.17, 15) is 13.2 Å². The number of anilines is 1. The van der Waals surface area contributed by atoms with Gasteiger partial charge in [-0.15, -0.1) is 11.8 Å². The van der Waals surface area contributed by atoms with E-state index in [4.69, 9.17) is 0 Å². The molecule has 1 heterocycles. The third-order valence-electron chi connectivity index (χ3n) is 5.72. The zero-order valence-electron chi connectivity index (χ0n) is 18.6. The fourth-order valence-electron chi connectivity index (χ4n) is 3.97. The van der Waals surface area contributed by atoms with Crippen molar-refractivity contribution in [1.29, 1.82) is 0 Å². The topological polar surface area (TPSA) is 66.5 Å². The summed E-state index contributed by atoms with van der Waals surface area (Å²) in [7, 11) is -3.52. The number of hydrogen-bond donors (Lipinski definition) is 1. The third kappa shape index (κ3) is 5.85. The molecule has 0 radical (unpaired) electrons. The second kappa shape index (κ2) is 10.5. The highest BCUT2D eigenvalue weighted by atomic mass is 32.2. The van der Waals surface area contributed by atoms with Gasteiger partial charge >= 0.3 is 0 Å². The molecule has 1 fully saturated rings. The number of rotatable bonds is 7. The standard InChI is InChI=1S/C26H28N2O3S2/c1-20-9-8-18-28(19-20)33(30,31)24-16-14-22(15-17-24)27-26(29)25(21-10-4-2-5-11-21)32-23-12-6-3-7-13-23/h2-7,10-17,20,25H,8-9,18-19H2,1H3,(H,27,29). The summed E-state index contributed by atoms with van der Waals surface area (Å²) in [5.74, 6) is 0.208. The molecule has 3 aromatic rings. The van der Waals surface area contributed by atoms with E-state index in [1.54, 1.807) is 28.6 Å². The Labute approximate surface area is 200 Å². The molecule has 33 heavy (non-hydrogen) atoms. The molecule has 2 unspecified atom stereocenters. The Morgan fingerprint density at radius 1 is 0.970 bits per heavy atom. The SMILES string of the molecule is CC1CCCN(S(=O)(=O)c2ccc(NC(=O)C(Sc3ccccc3)c3ccccc3)cc2)C1. The summed E-state index contributed by atoms with van der Waals surface area (Å²) in [5.41, 5.74) is 1.47. The van der Waals surface area contributed by atoms with E-state index in [0.717, 1.165) is 23.3 Å². The summed E-state index contributed by atoms with van der Waals surface area (Å²) in [6.45, 7) is 3.19. The number of nitrogens with one attached hydrogen (secondary N) is 1. The number of thioether (sulfide) groups is 1. The van der Waals surface area contributed by atoms with Gasteiger partial charge in [0.05, 0.1) is 4.90 Å². The molecular formula is C26H28N2O3S2. The first-order valence-corrected chi connectivity index (χ1v) is 13.4. The molecule has 1 saturated heterocycles. The zero-order chi connectivity index (χ0) is 23.3. The van der Waals surface area contributed by atoms with Gasteiger partial charge in [0.1, 0.15) is 5.25 Å². The smallest absolute Gasteiger partial charge is 0.243 e. The minimum Gasteiger partial charge on any atom is -0.325 e. The lowest BCUT2D eigenvalue weighted by atomic mass is 10.0. The first-order chi connectivity index (χ1) is 15.9. The zero-order valence-corrected chi connectivity index (χ0v) is 20.2. The van der Waals surface area contributed by atoms with Gasteiger partial charge < -0.3 is 5.32 Å². The van der Waals surface area contributed by atoms with Crippen molar-refractivity contribution in [2.75, 3.05) is 18.4 Å². The monoisotopic (exact) mass is 480 g/mol. The Kier molecular flexibility index (Phi) is 7.53. The van der Waals surface area contributed by atoms with Crippen LogP contribution in [0, 0.1) is 5.92 Å². The summed E-state index contributed by atoms with van der Waals surface area (Å²) in [6, 6.07) is 25.9. The Morgan fingerprint density at radius 3 is 2.24 bits per heavy atom. The first kappa shape index (κ1) is 23.5. The lowest BCUT2D eigenvalue weighted by Gasteiger charge is -2.30. The third-order valence-corrected chi connectivity index (χ3v) is 8.86. The van der Waals surface area contributed by atoms with Crippen LogP contribution in [0.25, 0.3) is 0 Å². The lowest BCUT2D eigenvalue weighted by molar-refractivity contribution is -0.115. The van der Waals surface area contributed by atoms with Crippen LogP contribution in [0.4, 0.5) is 5.69 Å². The van der Waals surface area contributed by atoms with Crippen LogP contribution in [0.15, 0.2) is 94.7 Å². The van der Waals surface area contributed by atoms with Crippen LogP contribution in [0.1, 0.15) is 30.6 Å². The first-order valence-electron chi connectivity index (χ1n) is 11.1. The minimum absolute atomic E-state index is 0.157. The Balaban J connectivity index is 1.50. The maximum atomic E-state index is 13.2. The molecule has 172 valence electrons. The Hall–Kier alpha value is -2.61. The van der Waals surface area contributed by atoms with Crippen LogP contribution < -0.4 is 5.32 Å². The number of piperidine rings is 1. The van der Waals surface area contributed by atoms with Gasteiger partial charge in [-0.3, -0.25) is 4.79 Å². The van der Waals surface area contributed by atoms with Crippen molar-refractivity contribution in [3.05, 3.63) is 90.5 Å². The van der Waals surface area contributed by atoms with E-state index in [-0.39, 0.29) is 10.8 Å². The van der Waals surface area contributed by atoms with Gasteiger partial charge in [0.15, 0.2) is 0 Å². The fraction of sp³-hybridized carbons (Fsp3) is 0.269. The molecule has 0 saturated carbocycles. The van der Waals surface area contributed by atoms with E-state index >= 15 is 0 Å². The highest BCUT2D eigenvalue weighted by Gasteiger charge is 2.29. The predicted molar refractivity (Wildman–Crippen MR) is 134 cm³/mol. The summed E-state index contributed by atoms with van der Waals surface area (Å²) in [6.07, 6.45) is 1.94. The number of sulfonamides is 1. The average Bonchev–Trinajstić information content (AvgIpc) is 2.84. The van der Waals surface area contributed by atoms with Gasteiger partial charge in [-0.25, -0.2) is 8.42 Å². The van der Waals surface area contributed by atoms with E-state index in [0.29, 0.717) is 24.7 Å². The predicted octanol–water partition coefficient (Wildman–Crippen LogP) is 5.58. The summed E-state index contributed by atoms with van der Waals surface area (Å²) < 4.78 is 27.6. The molecule has 4 rings (SSSR count). The second-order valence-corrected chi connectivity index (χ2v) is 11.5. The molecule has 1 amide bonds. The van der Waals surface area contributed by atoms with Crippen molar-refractivity contribution in [3.63, 3.8) is 0 Å². The molecule has 0 bridgehead atoms. The summed E-state index contributed by atoms with van der Waals surface area (Å²) >= 11 is 1.48. The largest absolute Gasteiger partial charge is 0.325 e. The molecule has 0 spiro atoms. The van der Waals surface area contributed by atoms with E-state index in [2.05, 4.69) is 12.2 Å². The van der Waals surface area contributed by atoms with Crippen molar-refractivity contribution in [2.24, 2.45) is 5.92 Å². The van der Waals surface area contributed by atoms with Gasteiger partial charge in [-0.2, -0.15) is 4.31 Å². The number of carbonyl (C=O) groups is 1. The molecule has 0 aliphatic carbocycles. The van der Waals surface area contributed by atoms with Crippen molar-refractivity contribution in [3.8, 4) is 0 Å². The molecule has 3 aromatic carbocycles. The Bertz CT molecular complexity index is 1170. The van der Waals surface area contributed by atoms with E-state index < -0.39 is 15.3 Å². The Morgan fingerprint density at radius 2 is 1.61 bits per heavy atom. The van der Waals surface area contributed by atoms with Gasteiger partial charge in [-0.1, -0.05) is 55.5 Å². The maximum absolute atomic E-state index is 13.2. The molecule has 1 aliphatic rings. The summed E-state index contributed by atoms with van der Waals surface area (Å²) in [5, 5.41) is 2.52. The molecule has 2 atom stereocenters. The number of benzene rings is 3. The van der Waals surface area contributed by atoms with E-state index in [1.807, 2.05) is 60.7 Å². The fourth-order valence-corrected chi connectivity index (χ4v) is 6.61. The second-order valence-electron chi connectivity index (χ2n) is 8.35. The molecule has 5 nitrogen and oxygen atoms in total. The van der Waals surface area contributed by atoms with Crippen molar-refractivity contribution < 1.29 is 13.2 Å². The minimum atomic E-state index is -3.52. The van der Waals surface area contributed by atoms with Crippen LogP contribution in [0.5, 0.6) is 0 Å². The van der Waals surface area contributed by atoms with Gasteiger partial charge in [-0.05, 0) is 60.7 Å². The summed E-state index contributed by atoms with van der Waals surface area (Å²) in [4.78, 5) is 14.5. The number of nitrogens with zero attached hydrogens (tertiary/aromatic N) is 1. The number of carbonyl (C=O) groups excluding carboxylic acids is 1. The normalized spacial score (nSPS) is 17.9. The van der Waals surface area contributed by atoms with Crippen LogP contribution in [0.3, 0.4) is 0 Å². The van der Waals surface area contributed by atoms with Gasteiger partial charge in [0.2, 0.25) is 15.9 Å². The quantitative estimate of drug-likeness (QED) is 0.448. The van der Waals surface area contributed by atoms with E-state index in [1.165, 1.54) is 11.8 Å². The van der Waals surface area contributed by atoms with Crippen LogP contribution in [-0.2, 0) is 14.8 Å². The van der Waals surface area contributed by atoms with Gasteiger partial charge in [0, 0.05) is 23.7 Å². The van der Waals surface area contributed by atoms with Gasteiger partial charge in [0.25, 0.3) is 0 Å². The average molecular weight is 481 g/mol.